The molecule has 6 heteroatoms. The van der Waals surface area contributed by atoms with Gasteiger partial charge >= 0.3 is 0 Å². The van der Waals surface area contributed by atoms with E-state index in [9.17, 15) is 0 Å². The number of ether oxygens (including phenoxy) is 1. The Morgan fingerprint density at radius 1 is 1.33 bits per heavy atom. The molecule has 0 aliphatic heterocycles. The lowest BCUT2D eigenvalue weighted by Gasteiger charge is -2.11. The van der Waals surface area contributed by atoms with Gasteiger partial charge in [0.1, 0.15) is 0 Å². The minimum Gasteiger partial charge on any atom is -0.477 e. The second-order valence-electron chi connectivity index (χ2n) is 5.94. The van der Waals surface area contributed by atoms with Gasteiger partial charge in [-0.3, -0.25) is 4.99 Å². The standard InChI is InChI=1S/C18H24N4OS/c1-19-18(20-9-8-16-3-2-10-24-16)22-12-15-6-7-17(21-11-15)23-13-14-4-5-14/h2-3,6-7,10-11,14H,4-5,8-9,12-13H2,1H3,(H2,19,20,22). The fourth-order valence-electron chi connectivity index (χ4n) is 2.25. The Morgan fingerprint density at radius 2 is 2.25 bits per heavy atom. The van der Waals surface area contributed by atoms with E-state index in [1.807, 2.05) is 18.3 Å². The largest absolute Gasteiger partial charge is 0.477 e. The summed E-state index contributed by atoms with van der Waals surface area (Å²) in [6.45, 7) is 2.35. The Kier molecular flexibility index (Phi) is 6.07. The van der Waals surface area contributed by atoms with Crippen LogP contribution >= 0.6 is 11.3 Å². The maximum Gasteiger partial charge on any atom is 0.213 e. The number of guanidine groups is 1. The Bertz CT molecular complexity index is 636. The van der Waals surface area contributed by atoms with Crippen LogP contribution in [0.5, 0.6) is 5.88 Å². The highest BCUT2D eigenvalue weighted by Crippen LogP contribution is 2.29. The zero-order chi connectivity index (χ0) is 16.6. The number of hydrogen-bond acceptors (Lipinski definition) is 4. The first-order chi connectivity index (χ1) is 11.8. The summed E-state index contributed by atoms with van der Waals surface area (Å²) in [6.07, 6.45) is 5.45. The van der Waals surface area contributed by atoms with Gasteiger partial charge in [-0.15, -0.1) is 11.3 Å². The zero-order valence-corrected chi connectivity index (χ0v) is 14.8. The number of aromatic nitrogens is 1. The maximum atomic E-state index is 5.65. The lowest BCUT2D eigenvalue weighted by atomic mass is 10.3. The van der Waals surface area contributed by atoms with Crippen LogP contribution in [0.2, 0.25) is 0 Å². The van der Waals surface area contributed by atoms with E-state index in [4.69, 9.17) is 4.74 Å². The van der Waals surface area contributed by atoms with Crippen LogP contribution in [0.3, 0.4) is 0 Å². The third kappa shape index (κ3) is 5.53. The molecule has 0 atom stereocenters. The molecule has 1 aliphatic carbocycles. The van der Waals surface area contributed by atoms with Crippen LogP contribution in [-0.2, 0) is 13.0 Å². The van der Waals surface area contributed by atoms with Crippen molar-refractivity contribution in [3.05, 3.63) is 46.3 Å². The summed E-state index contributed by atoms with van der Waals surface area (Å²) in [5.74, 6) is 2.27. The molecular formula is C18H24N4OS. The molecule has 0 aromatic carbocycles. The maximum absolute atomic E-state index is 5.65. The topological polar surface area (TPSA) is 58.5 Å². The lowest BCUT2D eigenvalue weighted by Crippen LogP contribution is -2.37. The molecule has 5 nitrogen and oxygen atoms in total. The Labute approximate surface area is 147 Å². The highest BCUT2D eigenvalue weighted by atomic mass is 32.1. The SMILES string of the molecule is CN=C(NCCc1cccs1)NCc1ccc(OCC2CC2)nc1. The number of nitrogens with zero attached hydrogens (tertiary/aromatic N) is 2. The number of thiophene rings is 1. The van der Waals surface area contributed by atoms with Gasteiger partial charge in [-0.05, 0) is 42.2 Å². The third-order valence-electron chi connectivity index (χ3n) is 3.89. The van der Waals surface area contributed by atoms with Crippen molar-refractivity contribution in [1.29, 1.82) is 0 Å². The molecule has 0 spiro atoms. The molecular weight excluding hydrogens is 320 g/mol. The van der Waals surface area contributed by atoms with Crippen molar-refractivity contribution in [2.24, 2.45) is 10.9 Å². The van der Waals surface area contributed by atoms with Gasteiger partial charge in [-0.2, -0.15) is 0 Å². The fourth-order valence-corrected chi connectivity index (χ4v) is 2.96. The quantitative estimate of drug-likeness (QED) is 0.571. The zero-order valence-electron chi connectivity index (χ0n) is 14.0. The molecule has 128 valence electrons. The summed E-state index contributed by atoms with van der Waals surface area (Å²) in [6, 6.07) is 8.21. The Balaban J connectivity index is 1.38. The summed E-state index contributed by atoms with van der Waals surface area (Å²) in [4.78, 5) is 9.98. The molecule has 0 amide bonds. The first-order valence-electron chi connectivity index (χ1n) is 8.38. The predicted octanol–water partition coefficient (Wildman–Crippen LogP) is 2.84. The Morgan fingerprint density at radius 3 is 2.92 bits per heavy atom. The number of hydrogen-bond donors (Lipinski definition) is 2. The van der Waals surface area contributed by atoms with Gasteiger partial charge in [0, 0.05) is 37.3 Å². The number of nitrogens with one attached hydrogen (secondary N) is 2. The van der Waals surface area contributed by atoms with Gasteiger partial charge < -0.3 is 15.4 Å². The van der Waals surface area contributed by atoms with Crippen LogP contribution < -0.4 is 15.4 Å². The van der Waals surface area contributed by atoms with Gasteiger partial charge in [-0.25, -0.2) is 4.98 Å². The van der Waals surface area contributed by atoms with E-state index < -0.39 is 0 Å². The molecule has 2 N–H and O–H groups in total. The van der Waals surface area contributed by atoms with Gasteiger partial charge in [-0.1, -0.05) is 12.1 Å². The van der Waals surface area contributed by atoms with E-state index in [1.54, 1.807) is 18.4 Å². The second-order valence-corrected chi connectivity index (χ2v) is 6.97. The van der Waals surface area contributed by atoms with Crippen LogP contribution in [0.15, 0.2) is 40.8 Å². The van der Waals surface area contributed by atoms with Crippen molar-refractivity contribution in [2.45, 2.75) is 25.8 Å². The molecule has 3 rings (SSSR count). The first kappa shape index (κ1) is 16.8. The van der Waals surface area contributed by atoms with E-state index in [0.717, 1.165) is 37.0 Å². The van der Waals surface area contributed by atoms with Crippen molar-refractivity contribution >= 4 is 17.3 Å². The van der Waals surface area contributed by atoms with Crippen molar-refractivity contribution in [3.63, 3.8) is 0 Å². The minimum absolute atomic E-state index is 0.689. The van der Waals surface area contributed by atoms with Crippen molar-refractivity contribution in [3.8, 4) is 5.88 Å². The van der Waals surface area contributed by atoms with Crippen LogP contribution in [0, 0.1) is 5.92 Å². The average Bonchev–Trinajstić information content (AvgIpc) is 3.31. The highest BCUT2D eigenvalue weighted by molar-refractivity contribution is 7.09. The molecule has 0 radical (unpaired) electrons. The Hall–Kier alpha value is -2.08. The van der Waals surface area contributed by atoms with Crippen molar-refractivity contribution in [1.82, 2.24) is 15.6 Å². The fraction of sp³-hybridized carbons (Fsp3) is 0.444. The smallest absolute Gasteiger partial charge is 0.213 e. The average molecular weight is 344 g/mol. The first-order valence-corrected chi connectivity index (χ1v) is 9.26. The van der Waals surface area contributed by atoms with Crippen LogP contribution in [-0.4, -0.2) is 31.1 Å². The summed E-state index contributed by atoms with van der Waals surface area (Å²) < 4.78 is 5.65. The highest BCUT2D eigenvalue weighted by Gasteiger charge is 2.21. The van der Waals surface area contributed by atoms with Crippen LogP contribution in [0.25, 0.3) is 0 Å². The molecule has 1 aliphatic rings. The summed E-state index contributed by atoms with van der Waals surface area (Å²) in [5.41, 5.74) is 1.11. The molecule has 2 aromatic heterocycles. The van der Waals surface area contributed by atoms with Crippen molar-refractivity contribution < 1.29 is 4.74 Å². The number of pyridine rings is 1. The summed E-state index contributed by atoms with van der Waals surface area (Å²) in [5, 5.41) is 8.74. The van der Waals surface area contributed by atoms with E-state index in [0.29, 0.717) is 12.4 Å². The lowest BCUT2D eigenvalue weighted by molar-refractivity contribution is 0.288. The van der Waals surface area contributed by atoms with Gasteiger partial charge in [0.2, 0.25) is 5.88 Å². The third-order valence-corrected chi connectivity index (χ3v) is 4.83. The predicted molar refractivity (Wildman–Crippen MR) is 98.7 cm³/mol. The van der Waals surface area contributed by atoms with Gasteiger partial charge in [0.25, 0.3) is 0 Å². The monoisotopic (exact) mass is 344 g/mol. The summed E-state index contributed by atoms with van der Waals surface area (Å²) >= 11 is 1.78. The normalized spacial score (nSPS) is 14.5. The molecule has 0 bridgehead atoms. The molecule has 0 unspecified atom stereocenters. The molecule has 1 fully saturated rings. The molecule has 0 saturated heterocycles. The number of rotatable bonds is 8. The molecule has 24 heavy (non-hydrogen) atoms. The van der Waals surface area contributed by atoms with Gasteiger partial charge in [0.05, 0.1) is 6.61 Å². The van der Waals surface area contributed by atoms with Crippen molar-refractivity contribution in [2.75, 3.05) is 20.2 Å². The van der Waals surface area contributed by atoms with Gasteiger partial charge in [0.15, 0.2) is 5.96 Å². The molecule has 1 saturated carbocycles. The second kappa shape index (κ2) is 8.68. The molecule has 2 aromatic rings. The van der Waals surface area contributed by atoms with E-state index in [-0.39, 0.29) is 0 Å². The van der Waals surface area contributed by atoms with E-state index in [1.165, 1.54) is 17.7 Å². The molecule has 2 heterocycles. The van der Waals surface area contributed by atoms with E-state index >= 15 is 0 Å². The van der Waals surface area contributed by atoms with Crippen LogP contribution in [0.4, 0.5) is 0 Å². The van der Waals surface area contributed by atoms with Crippen LogP contribution in [0.1, 0.15) is 23.3 Å². The number of aliphatic imine (C=N–C) groups is 1. The van der Waals surface area contributed by atoms with E-state index in [2.05, 4.69) is 38.1 Å². The minimum atomic E-state index is 0.689. The summed E-state index contributed by atoms with van der Waals surface area (Å²) in [7, 11) is 1.79.